The van der Waals surface area contributed by atoms with Crippen molar-refractivity contribution in [1.29, 1.82) is 0 Å². The third-order valence-corrected chi connectivity index (χ3v) is 2.38. The van der Waals surface area contributed by atoms with E-state index in [1.165, 1.54) is 18.2 Å². The fourth-order valence-corrected chi connectivity index (χ4v) is 1.49. The van der Waals surface area contributed by atoms with Crippen LogP contribution in [0.3, 0.4) is 0 Å². The minimum absolute atomic E-state index is 0.135. The molecule has 0 heterocycles. The van der Waals surface area contributed by atoms with Crippen molar-refractivity contribution in [2.24, 2.45) is 0 Å². The predicted molar refractivity (Wildman–Crippen MR) is 59.7 cm³/mol. The summed E-state index contributed by atoms with van der Waals surface area (Å²) in [5, 5.41) is 0. The van der Waals surface area contributed by atoms with Gasteiger partial charge >= 0.3 is 0 Å². The van der Waals surface area contributed by atoms with E-state index in [9.17, 15) is 13.2 Å². The zero-order valence-corrected chi connectivity index (χ0v) is 8.68. The van der Waals surface area contributed by atoms with E-state index in [4.69, 9.17) is 6.42 Å². The maximum absolute atomic E-state index is 13.4. The second kappa shape index (κ2) is 4.34. The fraction of sp³-hybridized carbons (Fsp3) is 0. The number of benzene rings is 2. The highest BCUT2D eigenvalue weighted by Crippen LogP contribution is 2.23. The molecule has 0 atom stereocenters. The van der Waals surface area contributed by atoms with E-state index in [2.05, 4.69) is 5.92 Å². The number of halogens is 3. The molecule has 0 aliphatic heterocycles. The molecule has 2 aromatic rings. The lowest BCUT2D eigenvalue weighted by molar-refractivity contribution is 0.509. The first-order chi connectivity index (χ1) is 8.11. The number of hydrogen-bond acceptors (Lipinski definition) is 0. The molecule has 0 aromatic heterocycles. The van der Waals surface area contributed by atoms with Crippen LogP contribution >= 0.6 is 0 Å². The largest absolute Gasteiger partial charge is 0.206 e. The monoisotopic (exact) mass is 232 g/mol. The molecule has 2 aromatic carbocycles. The van der Waals surface area contributed by atoms with E-state index in [1.54, 1.807) is 6.07 Å². The Labute approximate surface area is 96.7 Å². The third-order valence-electron chi connectivity index (χ3n) is 2.38. The molecule has 0 N–H and O–H groups in total. The summed E-state index contributed by atoms with van der Waals surface area (Å²) in [6.45, 7) is 0. The molecule has 0 saturated heterocycles. The minimum atomic E-state index is -0.969. The lowest BCUT2D eigenvalue weighted by atomic mass is 10.0. The Hall–Kier alpha value is -2.21. The summed E-state index contributed by atoms with van der Waals surface area (Å²) in [5.41, 5.74) is 0.975. The van der Waals surface area contributed by atoms with Gasteiger partial charge in [-0.15, -0.1) is 6.42 Å². The van der Waals surface area contributed by atoms with Gasteiger partial charge in [-0.25, -0.2) is 13.2 Å². The van der Waals surface area contributed by atoms with Gasteiger partial charge in [0.25, 0.3) is 0 Å². The second-order valence-corrected chi connectivity index (χ2v) is 3.47. The molecule has 17 heavy (non-hydrogen) atoms. The van der Waals surface area contributed by atoms with Crippen LogP contribution in [-0.4, -0.2) is 0 Å². The molecule has 0 saturated carbocycles. The van der Waals surface area contributed by atoms with Crippen LogP contribution in [-0.2, 0) is 0 Å². The molecular formula is C14H7F3. The van der Waals surface area contributed by atoms with E-state index < -0.39 is 17.5 Å². The summed E-state index contributed by atoms with van der Waals surface area (Å²) in [4.78, 5) is 0. The van der Waals surface area contributed by atoms with E-state index in [0.717, 1.165) is 12.1 Å². The van der Waals surface area contributed by atoms with Gasteiger partial charge in [0.1, 0.15) is 5.82 Å². The van der Waals surface area contributed by atoms with Gasteiger partial charge in [0.15, 0.2) is 11.6 Å². The van der Waals surface area contributed by atoms with Crippen LogP contribution in [0.4, 0.5) is 13.2 Å². The number of rotatable bonds is 1. The number of hydrogen-bond donors (Lipinski definition) is 0. The highest BCUT2D eigenvalue weighted by Gasteiger charge is 2.06. The first kappa shape index (κ1) is 11.3. The first-order valence-corrected chi connectivity index (χ1v) is 4.83. The molecule has 0 aliphatic rings. The highest BCUT2D eigenvalue weighted by atomic mass is 19.2. The predicted octanol–water partition coefficient (Wildman–Crippen LogP) is 3.75. The molecule has 0 radical (unpaired) electrons. The molecule has 0 unspecified atom stereocenters. The summed E-state index contributed by atoms with van der Waals surface area (Å²) in [6, 6.07) is 7.57. The normalized spacial score (nSPS) is 10.0. The zero-order chi connectivity index (χ0) is 12.4. The smallest absolute Gasteiger partial charge is 0.159 e. The van der Waals surface area contributed by atoms with Crippen LogP contribution in [0.15, 0.2) is 36.4 Å². The van der Waals surface area contributed by atoms with Crippen molar-refractivity contribution in [3.8, 4) is 23.5 Å². The van der Waals surface area contributed by atoms with Gasteiger partial charge in [-0.2, -0.15) is 0 Å². The van der Waals surface area contributed by atoms with Crippen LogP contribution in [0.1, 0.15) is 5.56 Å². The van der Waals surface area contributed by atoms with Crippen LogP contribution in [0.2, 0.25) is 0 Å². The third kappa shape index (κ3) is 2.16. The first-order valence-electron chi connectivity index (χ1n) is 4.83. The summed E-state index contributed by atoms with van der Waals surface area (Å²) in [6.07, 6.45) is 5.08. The van der Waals surface area contributed by atoms with Crippen molar-refractivity contribution in [2.45, 2.75) is 0 Å². The van der Waals surface area contributed by atoms with E-state index in [0.29, 0.717) is 11.1 Å². The summed E-state index contributed by atoms with van der Waals surface area (Å²) in [7, 11) is 0. The van der Waals surface area contributed by atoms with Gasteiger partial charge in [-0.1, -0.05) is 18.1 Å². The van der Waals surface area contributed by atoms with Crippen molar-refractivity contribution in [2.75, 3.05) is 0 Å². The summed E-state index contributed by atoms with van der Waals surface area (Å²) < 4.78 is 39.2. The molecular weight excluding hydrogens is 225 g/mol. The Morgan fingerprint density at radius 1 is 0.765 bits per heavy atom. The minimum Gasteiger partial charge on any atom is -0.206 e. The van der Waals surface area contributed by atoms with Crippen molar-refractivity contribution in [3.63, 3.8) is 0 Å². The maximum atomic E-state index is 13.4. The molecule has 0 amide bonds. The van der Waals surface area contributed by atoms with Gasteiger partial charge in [0.2, 0.25) is 0 Å². The Morgan fingerprint density at radius 3 is 1.88 bits per heavy atom. The topological polar surface area (TPSA) is 0 Å². The van der Waals surface area contributed by atoms with Crippen molar-refractivity contribution >= 4 is 0 Å². The summed E-state index contributed by atoms with van der Waals surface area (Å²) in [5.74, 6) is -0.279. The van der Waals surface area contributed by atoms with Gasteiger partial charge in [0, 0.05) is 0 Å². The molecule has 0 nitrogen and oxygen atoms in total. The Morgan fingerprint density at radius 2 is 1.35 bits per heavy atom. The summed E-state index contributed by atoms with van der Waals surface area (Å²) >= 11 is 0. The van der Waals surface area contributed by atoms with Crippen molar-refractivity contribution in [3.05, 3.63) is 59.4 Å². The van der Waals surface area contributed by atoms with Gasteiger partial charge in [-0.3, -0.25) is 0 Å². The van der Waals surface area contributed by atoms with E-state index in [1.807, 2.05) is 0 Å². The second-order valence-electron chi connectivity index (χ2n) is 3.47. The Kier molecular flexibility index (Phi) is 2.88. The quantitative estimate of drug-likeness (QED) is 0.657. The molecule has 2 rings (SSSR count). The van der Waals surface area contributed by atoms with Gasteiger partial charge in [0.05, 0.1) is 5.56 Å². The van der Waals surface area contributed by atoms with E-state index >= 15 is 0 Å². The average molecular weight is 232 g/mol. The standard InChI is InChI=1S/C14H7F3/c1-2-9-3-4-10(7-13(9)16)11-5-6-12(15)14(17)8-11/h1,3-8H. The SMILES string of the molecule is C#Cc1ccc(-c2ccc(F)c(F)c2)cc1F. The number of terminal acetylenes is 1. The van der Waals surface area contributed by atoms with Gasteiger partial charge in [-0.05, 0) is 35.4 Å². The van der Waals surface area contributed by atoms with Crippen LogP contribution in [0, 0.1) is 29.8 Å². The van der Waals surface area contributed by atoms with Crippen molar-refractivity contribution in [1.82, 2.24) is 0 Å². The van der Waals surface area contributed by atoms with E-state index in [-0.39, 0.29) is 5.56 Å². The molecule has 0 aliphatic carbocycles. The lowest BCUT2D eigenvalue weighted by Crippen LogP contribution is -1.88. The average Bonchev–Trinajstić information content (AvgIpc) is 2.32. The molecule has 0 bridgehead atoms. The molecule has 0 spiro atoms. The fourth-order valence-electron chi connectivity index (χ4n) is 1.49. The van der Waals surface area contributed by atoms with Crippen LogP contribution in [0.5, 0.6) is 0 Å². The van der Waals surface area contributed by atoms with Crippen molar-refractivity contribution < 1.29 is 13.2 Å². The highest BCUT2D eigenvalue weighted by molar-refractivity contribution is 5.64. The van der Waals surface area contributed by atoms with Gasteiger partial charge < -0.3 is 0 Å². The lowest BCUT2D eigenvalue weighted by Gasteiger charge is -2.03. The Bertz CT molecular complexity index is 609. The Balaban J connectivity index is 2.50. The molecule has 84 valence electrons. The maximum Gasteiger partial charge on any atom is 0.159 e. The van der Waals surface area contributed by atoms with Crippen LogP contribution < -0.4 is 0 Å². The van der Waals surface area contributed by atoms with Crippen LogP contribution in [0.25, 0.3) is 11.1 Å². The molecule has 0 fully saturated rings. The zero-order valence-electron chi connectivity index (χ0n) is 8.68. The molecule has 3 heteroatoms.